The second kappa shape index (κ2) is 6.24. The summed E-state index contributed by atoms with van der Waals surface area (Å²) in [7, 11) is 2.67. The summed E-state index contributed by atoms with van der Waals surface area (Å²) >= 11 is 5.77. The molecule has 0 bridgehead atoms. The maximum atomic E-state index is 11.8. The molecule has 112 valence electrons. The molecule has 0 radical (unpaired) electrons. The molecule has 0 aliphatic rings. The molecule has 8 nitrogen and oxygen atoms in total. The predicted octanol–water partition coefficient (Wildman–Crippen LogP) is 0.870. The van der Waals surface area contributed by atoms with Crippen molar-refractivity contribution in [2.75, 3.05) is 0 Å². The topological polar surface area (TPSA) is 103 Å². The fourth-order valence-electron chi connectivity index (χ4n) is 1.72. The summed E-state index contributed by atoms with van der Waals surface area (Å²) in [4.78, 5) is 14.7. The van der Waals surface area contributed by atoms with Gasteiger partial charge < -0.3 is 9.67 Å². The van der Waals surface area contributed by atoms with Crippen molar-refractivity contribution in [3.8, 4) is 5.88 Å². The lowest BCUT2D eigenvalue weighted by Crippen LogP contribution is -2.38. The van der Waals surface area contributed by atoms with E-state index in [1.807, 2.05) is 0 Å². The molecule has 0 spiro atoms. The Balaban J connectivity index is 2.55. The quantitative estimate of drug-likeness (QED) is 0.466. The molecule has 1 heterocycles. The number of halogens is 1. The molecule has 0 saturated heterocycles. The van der Waals surface area contributed by atoms with E-state index in [4.69, 9.17) is 17.0 Å². The van der Waals surface area contributed by atoms with Crippen LogP contribution in [0.1, 0.15) is 5.56 Å². The van der Waals surface area contributed by atoms with Crippen LogP contribution in [0.25, 0.3) is 4.98 Å². The number of nitrogens with zero attached hydrogens (tertiary/aromatic N) is 6. The van der Waals surface area contributed by atoms with Crippen molar-refractivity contribution in [3.63, 3.8) is 0 Å². The molecular formula is C13H11ClN6O2. The van der Waals surface area contributed by atoms with Crippen molar-refractivity contribution in [1.29, 1.82) is 5.39 Å². The van der Waals surface area contributed by atoms with Crippen LogP contribution in [-0.4, -0.2) is 15.3 Å². The molecule has 22 heavy (non-hydrogen) atoms. The van der Waals surface area contributed by atoms with Crippen molar-refractivity contribution in [1.82, 2.24) is 9.13 Å². The van der Waals surface area contributed by atoms with Gasteiger partial charge in [-0.25, -0.2) is 4.79 Å². The first-order valence-corrected chi connectivity index (χ1v) is 6.48. The zero-order valence-electron chi connectivity index (χ0n) is 11.8. The van der Waals surface area contributed by atoms with Crippen LogP contribution in [0, 0.1) is 5.39 Å². The van der Waals surface area contributed by atoms with Gasteiger partial charge in [0.25, 0.3) is 5.49 Å². The predicted molar refractivity (Wildman–Crippen MR) is 79.5 cm³/mol. The van der Waals surface area contributed by atoms with E-state index in [1.54, 1.807) is 24.3 Å². The van der Waals surface area contributed by atoms with E-state index < -0.39 is 11.6 Å². The van der Waals surface area contributed by atoms with Crippen LogP contribution < -0.4 is 16.3 Å². The maximum Gasteiger partial charge on any atom is 0.437 e. The second-order valence-corrected chi connectivity index (χ2v) is 4.81. The SMILES string of the molecule is Cn1c([O-])c([N+]#N)c(=NN=Cc2ccc(Cl)cc2)n(C)c1=O. The fourth-order valence-corrected chi connectivity index (χ4v) is 1.84. The Hall–Kier alpha value is -2.92. The molecular weight excluding hydrogens is 308 g/mol. The van der Waals surface area contributed by atoms with Crippen LogP contribution in [0.5, 0.6) is 5.88 Å². The average molecular weight is 319 g/mol. The first-order valence-electron chi connectivity index (χ1n) is 6.10. The van der Waals surface area contributed by atoms with Gasteiger partial charge in [-0.2, -0.15) is 5.10 Å². The summed E-state index contributed by atoms with van der Waals surface area (Å²) in [6.45, 7) is 0. The molecule has 2 rings (SSSR count). The maximum absolute atomic E-state index is 11.8. The minimum Gasteiger partial charge on any atom is -0.854 e. The van der Waals surface area contributed by atoms with Crippen molar-refractivity contribution in [2.45, 2.75) is 0 Å². The monoisotopic (exact) mass is 318 g/mol. The molecule has 0 amide bonds. The van der Waals surface area contributed by atoms with Gasteiger partial charge in [0.2, 0.25) is 5.39 Å². The molecule has 9 heteroatoms. The highest BCUT2D eigenvalue weighted by atomic mass is 35.5. The summed E-state index contributed by atoms with van der Waals surface area (Å²) in [5.74, 6) is -0.758. The molecule has 0 N–H and O–H groups in total. The van der Waals surface area contributed by atoms with Crippen LogP contribution in [0.15, 0.2) is 39.3 Å². The molecule has 1 aromatic carbocycles. The van der Waals surface area contributed by atoms with E-state index in [2.05, 4.69) is 15.2 Å². The van der Waals surface area contributed by atoms with E-state index in [1.165, 1.54) is 20.3 Å². The van der Waals surface area contributed by atoms with Gasteiger partial charge in [-0.1, -0.05) is 23.7 Å². The Morgan fingerprint density at radius 3 is 2.50 bits per heavy atom. The number of hydrogen-bond acceptors (Lipinski definition) is 5. The van der Waals surface area contributed by atoms with Crippen molar-refractivity contribution in [3.05, 3.63) is 55.8 Å². The normalized spacial score (nSPS) is 11.8. The molecule has 0 unspecified atom stereocenters. The second-order valence-electron chi connectivity index (χ2n) is 4.37. The molecule has 1 aromatic heterocycles. The molecule has 0 aliphatic heterocycles. The zero-order chi connectivity index (χ0) is 16.3. The zero-order valence-corrected chi connectivity index (χ0v) is 12.5. The van der Waals surface area contributed by atoms with Gasteiger partial charge in [0.1, 0.15) is 0 Å². The smallest absolute Gasteiger partial charge is 0.437 e. The number of hydrogen-bond donors (Lipinski definition) is 0. The number of diazo groups is 1. The third-order valence-corrected chi connectivity index (χ3v) is 3.19. The summed E-state index contributed by atoms with van der Waals surface area (Å²) in [5.41, 5.74) is -0.374. The van der Waals surface area contributed by atoms with Gasteiger partial charge in [0, 0.05) is 19.1 Å². The number of aromatic nitrogens is 2. The lowest BCUT2D eigenvalue weighted by molar-refractivity contribution is -0.278. The van der Waals surface area contributed by atoms with Crippen molar-refractivity contribution in [2.24, 2.45) is 24.3 Å². The highest BCUT2D eigenvalue weighted by molar-refractivity contribution is 6.30. The Morgan fingerprint density at radius 1 is 1.27 bits per heavy atom. The van der Waals surface area contributed by atoms with Crippen LogP contribution in [0.3, 0.4) is 0 Å². The molecule has 0 atom stereocenters. The third-order valence-electron chi connectivity index (χ3n) is 2.94. The van der Waals surface area contributed by atoms with Crippen molar-refractivity contribution >= 4 is 23.5 Å². The van der Waals surface area contributed by atoms with Crippen LogP contribution in [0.2, 0.25) is 5.02 Å². The van der Waals surface area contributed by atoms with E-state index in [9.17, 15) is 9.90 Å². The summed E-state index contributed by atoms with van der Waals surface area (Å²) in [5, 5.41) is 29.0. The fraction of sp³-hybridized carbons (Fsp3) is 0.154. The van der Waals surface area contributed by atoms with Crippen LogP contribution >= 0.6 is 11.6 Å². The van der Waals surface area contributed by atoms with Gasteiger partial charge >= 0.3 is 11.4 Å². The molecule has 0 saturated carbocycles. The summed E-state index contributed by atoms with van der Waals surface area (Å²) in [6.07, 6.45) is 1.42. The lowest BCUT2D eigenvalue weighted by atomic mass is 10.2. The van der Waals surface area contributed by atoms with E-state index >= 15 is 0 Å². The Kier molecular flexibility index (Phi) is 4.39. The summed E-state index contributed by atoms with van der Waals surface area (Å²) < 4.78 is 1.88. The minimum atomic E-state index is -0.758. The van der Waals surface area contributed by atoms with E-state index in [-0.39, 0.29) is 11.2 Å². The van der Waals surface area contributed by atoms with E-state index in [0.29, 0.717) is 5.02 Å². The molecule has 0 fully saturated rings. The average Bonchev–Trinajstić information content (AvgIpc) is 2.52. The van der Waals surface area contributed by atoms with Gasteiger partial charge in [0.15, 0.2) is 4.98 Å². The van der Waals surface area contributed by atoms with Gasteiger partial charge in [0.05, 0.1) is 12.1 Å². The van der Waals surface area contributed by atoms with Gasteiger partial charge in [-0.3, -0.25) is 4.57 Å². The first-order chi connectivity index (χ1) is 10.5. The Morgan fingerprint density at radius 2 is 1.91 bits per heavy atom. The Bertz CT molecular complexity index is 902. The standard InChI is InChI=1S/C13H11ClN6O2/c1-19-11(10(17-15)12(21)20(2)13(19)22)18-16-7-8-3-5-9(14)6-4-8/h3-7H,1-2H3. The van der Waals surface area contributed by atoms with Gasteiger partial charge in [-0.15, -0.1) is 5.10 Å². The lowest BCUT2D eigenvalue weighted by Gasteiger charge is -2.09. The number of rotatable bonds is 2. The third kappa shape index (κ3) is 2.89. The Labute approximate surface area is 129 Å². The number of benzene rings is 1. The molecule has 2 aromatic rings. The largest absolute Gasteiger partial charge is 0.854 e. The minimum absolute atomic E-state index is 0.138. The summed E-state index contributed by atoms with van der Waals surface area (Å²) in [6, 6.07) is 6.82. The van der Waals surface area contributed by atoms with Gasteiger partial charge in [-0.05, 0) is 17.7 Å². The van der Waals surface area contributed by atoms with Crippen LogP contribution in [0.4, 0.5) is 5.69 Å². The highest BCUT2D eigenvalue weighted by Crippen LogP contribution is 2.14. The van der Waals surface area contributed by atoms with E-state index in [0.717, 1.165) is 14.7 Å². The van der Waals surface area contributed by atoms with Crippen molar-refractivity contribution < 1.29 is 5.11 Å². The van der Waals surface area contributed by atoms with Crippen LogP contribution in [-0.2, 0) is 14.1 Å². The first kappa shape index (κ1) is 15.5. The molecule has 0 aliphatic carbocycles. The highest BCUT2D eigenvalue weighted by Gasteiger charge is 2.18.